The molecule has 0 bridgehead atoms. The number of nitrogens with zero attached hydrogens (tertiary/aromatic N) is 1. The molecule has 7 heteroatoms. The molecule has 1 aliphatic rings. The number of carbonyl (C=O) groups is 2. The summed E-state index contributed by atoms with van der Waals surface area (Å²) >= 11 is 0. The molecule has 0 aromatic rings. The zero-order valence-corrected chi connectivity index (χ0v) is 15.3. The van der Waals surface area contributed by atoms with Gasteiger partial charge in [-0.15, -0.1) is 0 Å². The molecule has 142 valence electrons. The van der Waals surface area contributed by atoms with Crippen LogP contribution < -0.4 is 0 Å². The van der Waals surface area contributed by atoms with Crippen molar-refractivity contribution in [1.82, 2.24) is 0 Å². The molecular weight excluding hydrogens is 329 g/mol. The molecule has 0 saturated heterocycles. The predicted octanol–water partition coefficient (Wildman–Crippen LogP) is 3.35. The lowest BCUT2D eigenvalue weighted by molar-refractivity contribution is -0.149. The second-order valence-electron chi connectivity index (χ2n) is 5.79. The minimum atomic E-state index is -1.65. The van der Waals surface area contributed by atoms with Crippen LogP contribution in [0.25, 0.3) is 0 Å². The van der Waals surface area contributed by atoms with E-state index in [-0.39, 0.29) is 24.9 Å². The van der Waals surface area contributed by atoms with Crippen LogP contribution in [0.2, 0.25) is 0 Å². The molecule has 0 aromatic heterocycles. The maximum atomic E-state index is 13.7. The standard InChI is InChI=1S/C18H28FNO5/c1-4-24-17(21)14(9-6-10-15(19)18(22)25-5-2)12-13-8-7-11-16(13)20-23-3/h8,14-15H,4-7,9-12H2,1-3H3. The van der Waals surface area contributed by atoms with E-state index in [0.29, 0.717) is 25.9 Å². The van der Waals surface area contributed by atoms with Crippen LogP contribution in [0.15, 0.2) is 16.8 Å². The summed E-state index contributed by atoms with van der Waals surface area (Å²) in [5, 5.41) is 3.99. The second-order valence-corrected chi connectivity index (χ2v) is 5.79. The topological polar surface area (TPSA) is 74.2 Å². The van der Waals surface area contributed by atoms with Gasteiger partial charge in [-0.2, -0.15) is 0 Å². The van der Waals surface area contributed by atoms with E-state index in [0.717, 1.165) is 24.1 Å². The van der Waals surface area contributed by atoms with Crippen LogP contribution in [0.1, 0.15) is 52.4 Å². The number of hydrogen-bond acceptors (Lipinski definition) is 6. The number of ether oxygens (including phenoxy) is 2. The van der Waals surface area contributed by atoms with Gasteiger partial charge in [0.15, 0.2) is 6.17 Å². The van der Waals surface area contributed by atoms with E-state index in [1.807, 2.05) is 6.08 Å². The van der Waals surface area contributed by atoms with Crippen molar-refractivity contribution in [3.63, 3.8) is 0 Å². The smallest absolute Gasteiger partial charge is 0.340 e. The molecule has 2 unspecified atom stereocenters. The molecule has 6 nitrogen and oxygen atoms in total. The molecule has 0 aliphatic heterocycles. The molecule has 0 aromatic carbocycles. The molecule has 1 rings (SSSR count). The van der Waals surface area contributed by atoms with Crippen molar-refractivity contribution in [2.75, 3.05) is 20.3 Å². The Labute approximate surface area is 148 Å². The highest BCUT2D eigenvalue weighted by molar-refractivity contribution is 6.02. The summed E-state index contributed by atoms with van der Waals surface area (Å²) in [6.07, 6.45) is 3.39. The third kappa shape index (κ3) is 7.23. The predicted molar refractivity (Wildman–Crippen MR) is 91.9 cm³/mol. The Bertz CT molecular complexity index is 504. The summed E-state index contributed by atoms with van der Waals surface area (Å²) in [6, 6.07) is 0. The van der Waals surface area contributed by atoms with Gasteiger partial charge >= 0.3 is 11.9 Å². The number of rotatable bonds is 11. The first-order valence-corrected chi connectivity index (χ1v) is 8.80. The first-order chi connectivity index (χ1) is 12.0. The van der Waals surface area contributed by atoms with Crippen LogP contribution in [-0.2, 0) is 23.9 Å². The van der Waals surface area contributed by atoms with Crippen LogP contribution in [0.4, 0.5) is 4.39 Å². The van der Waals surface area contributed by atoms with Gasteiger partial charge in [0.1, 0.15) is 7.11 Å². The maximum Gasteiger partial charge on any atom is 0.340 e. The third-order valence-electron chi connectivity index (χ3n) is 3.98. The molecule has 0 heterocycles. The number of allylic oxidation sites excluding steroid dienone is 2. The lowest BCUT2D eigenvalue weighted by Crippen LogP contribution is -2.22. The number of alkyl halides is 1. The molecule has 2 atom stereocenters. The van der Waals surface area contributed by atoms with Crippen LogP contribution >= 0.6 is 0 Å². The summed E-state index contributed by atoms with van der Waals surface area (Å²) in [4.78, 5) is 28.4. The van der Waals surface area contributed by atoms with Gasteiger partial charge in [-0.3, -0.25) is 4.79 Å². The molecule has 0 radical (unpaired) electrons. The average molecular weight is 357 g/mol. The summed E-state index contributed by atoms with van der Waals surface area (Å²) in [5.41, 5.74) is 1.81. The fraction of sp³-hybridized carbons (Fsp3) is 0.722. The van der Waals surface area contributed by atoms with E-state index in [1.54, 1.807) is 13.8 Å². The molecule has 0 saturated carbocycles. The molecule has 0 spiro atoms. The van der Waals surface area contributed by atoms with E-state index < -0.39 is 12.1 Å². The van der Waals surface area contributed by atoms with Crippen molar-refractivity contribution in [1.29, 1.82) is 0 Å². The van der Waals surface area contributed by atoms with Crippen molar-refractivity contribution in [3.8, 4) is 0 Å². The van der Waals surface area contributed by atoms with Crippen molar-refractivity contribution >= 4 is 17.7 Å². The van der Waals surface area contributed by atoms with Crippen molar-refractivity contribution in [2.24, 2.45) is 11.1 Å². The Kier molecular flexibility index (Phi) is 9.80. The van der Waals surface area contributed by atoms with Crippen LogP contribution in [0.5, 0.6) is 0 Å². The van der Waals surface area contributed by atoms with Crippen molar-refractivity contribution < 1.29 is 28.3 Å². The van der Waals surface area contributed by atoms with Gasteiger partial charge in [-0.25, -0.2) is 9.18 Å². The van der Waals surface area contributed by atoms with E-state index >= 15 is 0 Å². The monoisotopic (exact) mass is 357 g/mol. The van der Waals surface area contributed by atoms with E-state index in [2.05, 4.69) is 9.89 Å². The number of carbonyl (C=O) groups excluding carboxylic acids is 2. The Balaban J connectivity index is 2.61. The minimum Gasteiger partial charge on any atom is -0.466 e. The number of oxime groups is 1. The summed E-state index contributed by atoms with van der Waals surface area (Å²) < 4.78 is 23.5. The highest BCUT2D eigenvalue weighted by Crippen LogP contribution is 2.27. The molecule has 0 amide bonds. The number of halogens is 1. The van der Waals surface area contributed by atoms with E-state index in [4.69, 9.17) is 9.57 Å². The molecule has 0 N–H and O–H groups in total. The minimum absolute atomic E-state index is 0.0345. The maximum absolute atomic E-state index is 13.7. The van der Waals surface area contributed by atoms with Gasteiger partial charge in [0, 0.05) is 0 Å². The first-order valence-electron chi connectivity index (χ1n) is 8.80. The normalized spacial score (nSPS) is 17.8. The van der Waals surface area contributed by atoms with Gasteiger partial charge in [0.2, 0.25) is 0 Å². The number of hydrogen-bond donors (Lipinski definition) is 0. The summed E-state index contributed by atoms with van der Waals surface area (Å²) in [5.74, 6) is -1.54. The third-order valence-corrected chi connectivity index (χ3v) is 3.98. The largest absolute Gasteiger partial charge is 0.466 e. The zero-order valence-electron chi connectivity index (χ0n) is 15.3. The Morgan fingerprint density at radius 1 is 1.20 bits per heavy atom. The Hall–Kier alpha value is -1.92. The number of esters is 2. The zero-order chi connectivity index (χ0) is 18.7. The molecular formula is C18H28FNO5. The van der Waals surface area contributed by atoms with Gasteiger partial charge in [-0.1, -0.05) is 11.2 Å². The fourth-order valence-corrected chi connectivity index (χ4v) is 2.80. The summed E-state index contributed by atoms with van der Waals surface area (Å²) in [6.45, 7) is 3.83. The van der Waals surface area contributed by atoms with Crippen molar-refractivity contribution in [2.45, 2.75) is 58.5 Å². The SMILES string of the molecule is CCOC(=O)C(F)CCCC(CC1=CCCC1=NOC)C(=O)OCC. The average Bonchev–Trinajstić information content (AvgIpc) is 3.01. The second kappa shape index (κ2) is 11.6. The van der Waals surface area contributed by atoms with Gasteiger partial charge in [0.05, 0.1) is 24.8 Å². The van der Waals surface area contributed by atoms with E-state index in [1.165, 1.54) is 7.11 Å². The molecule has 25 heavy (non-hydrogen) atoms. The molecule has 1 aliphatic carbocycles. The van der Waals surface area contributed by atoms with E-state index in [9.17, 15) is 14.0 Å². The van der Waals surface area contributed by atoms with Gasteiger partial charge in [0.25, 0.3) is 0 Å². The highest BCUT2D eigenvalue weighted by atomic mass is 19.1. The van der Waals surface area contributed by atoms with Gasteiger partial charge in [-0.05, 0) is 57.9 Å². The Morgan fingerprint density at radius 3 is 2.52 bits per heavy atom. The quantitative estimate of drug-likeness (QED) is 0.419. The van der Waals surface area contributed by atoms with Crippen molar-refractivity contribution in [3.05, 3.63) is 11.6 Å². The highest BCUT2D eigenvalue weighted by Gasteiger charge is 2.26. The van der Waals surface area contributed by atoms with Crippen LogP contribution in [0.3, 0.4) is 0 Å². The van der Waals surface area contributed by atoms with Crippen LogP contribution in [-0.4, -0.2) is 44.1 Å². The van der Waals surface area contributed by atoms with Gasteiger partial charge < -0.3 is 14.3 Å². The Morgan fingerprint density at radius 2 is 1.88 bits per heavy atom. The summed E-state index contributed by atoms with van der Waals surface area (Å²) in [7, 11) is 1.49. The lowest BCUT2D eigenvalue weighted by Gasteiger charge is -2.17. The molecule has 0 fully saturated rings. The first kappa shape index (κ1) is 21.1. The lowest BCUT2D eigenvalue weighted by atomic mass is 9.92. The fourth-order valence-electron chi connectivity index (χ4n) is 2.80. The van der Waals surface area contributed by atoms with Crippen LogP contribution in [0, 0.1) is 5.92 Å².